The van der Waals surface area contributed by atoms with Gasteiger partial charge in [-0.2, -0.15) is 0 Å². The maximum Gasteiger partial charge on any atom is 0.376 e. The zero-order valence-corrected chi connectivity index (χ0v) is 30.2. The largest absolute Gasteiger partial charge is 0.437 e. The van der Waals surface area contributed by atoms with Crippen molar-refractivity contribution < 1.29 is 19.4 Å². The van der Waals surface area contributed by atoms with Crippen molar-refractivity contribution in [3.63, 3.8) is 0 Å². The molecule has 7 heteroatoms. The third-order valence-electron chi connectivity index (χ3n) is 11.2. The summed E-state index contributed by atoms with van der Waals surface area (Å²) >= 11 is 0. The molecule has 2 atom stereocenters. The number of piperidine rings is 2. The summed E-state index contributed by atoms with van der Waals surface area (Å²) < 4.78 is 0. The standard InChI is InChI=1S/C21H25NO.C18H22BNO2.C4H6O/c1-15-7-8-17-13-18(10-9-16(17)12-15)21(23)19-4-3-11-22(14-19)20-5-2-6-20;1-13-5-6-15-11-16(8-7-14(15)10-13)18(21)17-4-3-9-20(12-17)19(2)22;5-4-2-1-3-4/h7-10,12-13,19-20H,2-6,11,14H2,1H3;5-8,10-11,17,22H,3-4,9,12H2,1-2H3;1-3H2. The van der Waals surface area contributed by atoms with Crippen LogP contribution in [0.3, 0.4) is 0 Å². The molecule has 2 aliphatic carbocycles. The van der Waals surface area contributed by atoms with E-state index in [1.54, 1.807) is 6.82 Å². The number of carbonyl (C=O) groups is 3. The number of fused-ring (bicyclic) bond motifs is 2. The Hall–Kier alpha value is -3.65. The molecule has 2 aliphatic heterocycles. The van der Waals surface area contributed by atoms with Gasteiger partial charge in [-0.25, -0.2) is 0 Å². The Morgan fingerprint density at radius 2 is 1.12 bits per heavy atom. The lowest BCUT2D eigenvalue weighted by molar-refractivity contribution is -0.123. The summed E-state index contributed by atoms with van der Waals surface area (Å²) in [5.41, 5.74) is 4.17. The van der Waals surface area contributed by atoms with Crippen molar-refractivity contribution in [1.29, 1.82) is 0 Å². The van der Waals surface area contributed by atoms with Gasteiger partial charge < -0.3 is 9.83 Å². The lowest BCUT2D eigenvalue weighted by atomic mass is 9.79. The smallest absolute Gasteiger partial charge is 0.376 e. The van der Waals surface area contributed by atoms with Crippen LogP contribution in [0.2, 0.25) is 6.82 Å². The van der Waals surface area contributed by atoms with Gasteiger partial charge in [0.15, 0.2) is 11.6 Å². The van der Waals surface area contributed by atoms with Crippen LogP contribution in [0.15, 0.2) is 72.8 Å². The molecular formula is C43H53BN2O4. The number of benzene rings is 4. The number of ketones is 3. The number of carbonyl (C=O) groups excluding carboxylic acids is 3. The lowest BCUT2D eigenvalue weighted by Crippen LogP contribution is -2.47. The third-order valence-corrected chi connectivity index (χ3v) is 11.2. The van der Waals surface area contributed by atoms with Crippen LogP contribution < -0.4 is 0 Å². The molecule has 2 saturated heterocycles. The van der Waals surface area contributed by atoms with Gasteiger partial charge in [0.1, 0.15) is 5.78 Å². The lowest BCUT2D eigenvalue weighted by Gasteiger charge is -2.42. The Bertz CT molecular complexity index is 1830. The summed E-state index contributed by atoms with van der Waals surface area (Å²) in [4.78, 5) is 40.2. The average molecular weight is 673 g/mol. The van der Waals surface area contributed by atoms with Gasteiger partial charge >= 0.3 is 7.05 Å². The van der Waals surface area contributed by atoms with Crippen molar-refractivity contribution in [2.24, 2.45) is 11.8 Å². The van der Waals surface area contributed by atoms with Crippen LogP contribution in [0.4, 0.5) is 0 Å². The number of hydrogen-bond acceptors (Lipinski definition) is 6. The van der Waals surface area contributed by atoms with Gasteiger partial charge in [0.25, 0.3) is 0 Å². The number of hydrogen-bond donors (Lipinski definition) is 1. The van der Waals surface area contributed by atoms with Gasteiger partial charge in [-0.05, 0) is 119 Å². The fourth-order valence-electron chi connectivity index (χ4n) is 7.69. The molecule has 1 N–H and O–H groups in total. The van der Waals surface area contributed by atoms with Gasteiger partial charge in [-0.1, -0.05) is 78.2 Å². The van der Waals surface area contributed by atoms with Crippen LogP contribution >= 0.6 is 0 Å². The highest BCUT2D eigenvalue weighted by molar-refractivity contribution is 6.45. The average Bonchev–Trinajstić information content (AvgIpc) is 3.09. The molecular weight excluding hydrogens is 619 g/mol. The molecule has 6 nitrogen and oxygen atoms in total. The van der Waals surface area contributed by atoms with E-state index in [-0.39, 0.29) is 17.6 Å². The molecule has 0 bridgehead atoms. The highest BCUT2D eigenvalue weighted by atomic mass is 16.2. The van der Waals surface area contributed by atoms with Crippen molar-refractivity contribution >= 4 is 45.9 Å². The molecule has 4 fully saturated rings. The summed E-state index contributed by atoms with van der Waals surface area (Å²) in [6.07, 6.45) is 10.9. The van der Waals surface area contributed by atoms with E-state index in [0.717, 1.165) is 74.2 Å². The van der Waals surface area contributed by atoms with Crippen molar-refractivity contribution in [1.82, 2.24) is 9.71 Å². The molecule has 262 valence electrons. The Balaban J connectivity index is 0.000000152. The summed E-state index contributed by atoms with van der Waals surface area (Å²) in [5, 5.41) is 14.4. The van der Waals surface area contributed by atoms with Crippen LogP contribution in [0.25, 0.3) is 21.5 Å². The first-order valence-corrected chi connectivity index (χ1v) is 18.9. The van der Waals surface area contributed by atoms with E-state index < -0.39 is 7.05 Å². The summed E-state index contributed by atoms with van der Waals surface area (Å²) in [7, 11) is -0.477. The Morgan fingerprint density at radius 3 is 1.58 bits per heavy atom. The van der Waals surface area contributed by atoms with Gasteiger partial charge in [0.05, 0.1) is 0 Å². The molecule has 4 aromatic rings. The molecule has 2 saturated carbocycles. The molecule has 4 aliphatic rings. The van der Waals surface area contributed by atoms with E-state index >= 15 is 0 Å². The van der Waals surface area contributed by atoms with E-state index in [2.05, 4.69) is 67.3 Å². The van der Waals surface area contributed by atoms with Gasteiger partial charge in [0.2, 0.25) is 0 Å². The minimum atomic E-state index is -0.477. The molecule has 0 spiro atoms. The molecule has 50 heavy (non-hydrogen) atoms. The van der Waals surface area contributed by atoms with Crippen LogP contribution in [0.5, 0.6) is 0 Å². The van der Waals surface area contributed by atoms with Crippen molar-refractivity contribution in [3.05, 3.63) is 95.1 Å². The van der Waals surface area contributed by atoms with Crippen LogP contribution in [0, 0.1) is 25.7 Å². The van der Waals surface area contributed by atoms with E-state index in [0.29, 0.717) is 18.1 Å². The fourth-order valence-corrected chi connectivity index (χ4v) is 7.69. The Labute approximate surface area is 298 Å². The normalized spacial score (nSPS) is 21.2. The maximum atomic E-state index is 13.0. The molecule has 0 amide bonds. The van der Waals surface area contributed by atoms with Gasteiger partial charge in [-0.15, -0.1) is 0 Å². The SMILES string of the molecule is CB(O)N1CCCC(C(=O)c2ccc3cc(C)ccc3c2)C1.Cc1ccc2cc(C(=O)C3CCCN(C4CCC4)C3)ccc2c1.O=C1CCC1. The predicted octanol–water partition coefficient (Wildman–Crippen LogP) is 8.49. The molecule has 0 aromatic heterocycles. The minimum absolute atomic E-state index is 0.00810. The van der Waals surface area contributed by atoms with Crippen molar-refractivity contribution in [3.8, 4) is 0 Å². The number of aryl methyl sites for hydroxylation is 2. The van der Waals surface area contributed by atoms with Crippen LogP contribution in [-0.4, -0.2) is 71.4 Å². The Morgan fingerprint density at radius 1 is 0.640 bits per heavy atom. The topological polar surface area (TPSA) is 77.9 Å². The maximum absolute atomic E-state index is 13.0. The van der Waals surface area contributed by atoms with Crippen molar-refractivity contribution in [2.75, 3.05) is 26.2 Å². The number of Topliss-reactive ketones (excluding diaryl/α,β-unsaturated/α-hetero) is 3. The third kappa shape index (κ3) is 8.98. The minimum Gasteiger partial charge on any atom is -0.437 e. The highest BCUT2D eigenvalue weighted by Gasteiger charge is 2.33. The number of nitrogens with zero attached hydrogens (tertiary/aromatic N) is 2. The van der Waals surface area contributed by atoms with Crippen LogP contribution in [0.1, 0.15) is 96.1 Å². The first kappa shape index (κ1) is 36.2. The quantitative estimate of drug-likeness (QED) is 0.164. The van der Waals surface area contributed by atoms with E-state index in [4.69, 9.17) is 0 Å². The Kier molecular flexibility index (Phi) is 12.0. The van der Waals surface area contributed by atoms with E-state index in [1.807, 2.05) is 29.1 Å². The molecule has 2 unspecified atom stereocenters. The summed E-state index contributed by atoms with van der Waals surface area (Å²) in [6, 6.07) is 25.6. The molecule has 0 radical (unpaired) electrons. The molecule has 2 heterocycles. The predicted molar refractivity (Wildman–Crippen MR) is 205 cm³/mol. The first-order valence-electron chi connectivity index (χ1n) is 18.9. The van der Waals surface area contributed by atoms with E-state index in [9.17, 15) is 19.4 Å². The second-order valence-electron chi connectivity index (χ2n) is 15.1. The van der Waals surface area contributed by atoms with Crippen molar-refractivity contribution in [2.45, 2.75) is 90.9 Å². The van der Waals surface area contributed by atoms with Gasteiger partial charge in [0, 0.05) is 48.4 Å². The highest BCUT2D eigenvalue weighted by Crippen LogP contribution is 2.31. The number of likely N-dealkylation sites (tertiary alicyclic amines) is 1. The number of rotatable bonds is 6. The van der Waals surface area contributed by atoms with E-state index in [1.165, 1.54) is 59.5 Å². The zero-order valence-electron chi connectivity index (χ0n) is 30.2. The first-order chi connectivity index (χ1) is 24.1. The molecule has 8 rings (SSSR count). The van der Waals surface area contributed by atoms with Gasteiger partial charge in [-0.3, -0.25) is 19.3 Å². The summed E-state index contributed by atoms with van der Waals surface area (Å²) in [5.74, 6) is 1.16. The zero-order chi connectivity index (χ0) is 35.2. The monoisotopic (exact) mass is 672 g/mol. The summed E-state index contributed by atoms with van der Waals surface area (Å²) in [6.45, 7) is 9.63. The second kappa shape index (κ2) is 16.6. The second-order valence-corrected chi connectivity index (χ2v) is 15.1. The van der Waals surface area contributed by atoms with Crippen LogP contribution in [-0.2, 0) is 4.79 Å². The molecule has 4 aromatic carbocycles. The fraction of sp³-hybridized carbons (Fsp3) is 0.465.